The van der Waals surface area contributed by atoms with E-state index in [4.69, 9.17) is 9.84 Å². The van der Waals surface area contributed by atoms with Crippen LogP contribution in [0, 0.1) is 0 Å². The molecule has 1 heterocycles. The Morgan fingerprint density at radius 1 is 1.78 bits per heavy atom. The van der Waals surface area contributed by atoms with Crippen LogP contribution in [0.3, 0.4) is 0 Å². The SMILES string of the molecule is CCNC1COC(O)C1. The van der Waals surface area contributed by atoms with Gasteiger partial charge in [-0.15, -0.1) is 0 Å². The summed E-state index contributed by atoms with van der Waals surface area (Å²) in [7, 11) is 0. The summed E-state index contributed by atoms with van der Waals surface area (Å²) < 4.78 is 4.91. The average molecular weight is 131 g/mol. The van der Waals surface area contributed by atoms with E-state index in [1.807, 2.05) is 6.92 Å². The largest absolute Gasteiger partial charge is 0.368 e. The summed E-state index contributed by atoms with van der Waals surface area (Å²) in [5.74, 6) is 0. The number of ether oxygens (including phenoxy) is 1. The predicted octanol–water partition coefficient (Wildman–Crippen LogP) is -0.297. The van der Waals surface area contributed by atoms with Crippen molar-refractivity contribution in [1.82, 2.24) is 5.32 Å². The minimum absolute atomic E-state index is 0.366. The number of rotatable bonds is 2. The molecule has 0 radical (unpaired) electrons. The number of hydrogen-bond acceptors (Lipinski definition) is 3. The molecule has 0 aromatic heterocycles. The molecule has 0 aliphatic carbocycles. The molecule has 1 aliphatic rings. The Kier molecular flexibility index (Phi) is 2.45. The summed E-state index contributed by atoms with van der Waals surface area (Å²) in [6.07, 6.45) is 0.197. The number of hydrogen-bond donors (Lipinski definition) is 2. The molecular formula is C6H13NO2. The summed E-state index contributed by atoms with van der Waals surface area (Å²) in [5, 5.41) is 12.1. The third-order valence-electron chi connectivity index (χ3n) is 1.47. The Morgan fingerprint density at radius 2 is 2.56 bits per heavy atom. The van der Waals surface area contributed by atoms with Crippen LogP contribution in [0.1, 0.15) is 13.3 Å². The highest BCUT2D eigenvalue weighted by atomic mass is 16.6. The Morgan fingerprint density at radius 3 is 3.00 bits per heavy atom. The summed E-state index contributed by atoms with van der Waals surface area (Å²) >= 11 is 0. The fourth-order valence-electron chi connectivity index (χ4n) is 1.04. The third-order valence-corrected chi connectivity index (χ3v) is 1.47. The molecule has 0 aromatic rings. The number of nitrogens with one attached hydrogen (secondary N) is 1. The monoisotopic (exact) mass is 131 g/mol. The fourth-order valence-corrected chi connectivity index (χ4v) is 1.04. The highest BCUT2D eigenvalue weighted by Gasteiger charge is 2.21. The van der Waals surface area contributed by atoms with Crippen molar-refractivity contribution in [1.29, 1.82) is 0 Å². The van der Waals surface area contributed by atoms with Crippen molar-refractivity contribution in [2.24, 2.45) is 0 Å². The highest BCUT2D eigenvalue weighted by Crippen LogP contribution is 2.09. The minimum Gasteiger partial charge on any atom is -0.368 e. The van der Waals surface area contributed by atoms with Gasteiger partial charge < -0.3 is 15.2 Å². The van der Waals surface area contributed by atoms with Crippen LogP contribution in [0.25, 0.3) is 0 Å². The fraction of sp³-hybridized carbons (Fsp3) is 1.00. The van der Waals surface area contributed by atoms with E-state index in [2.05, 4.69) is 5.32 Å². The topological polar surface area (TPSA) is 41.5 Å². The van der Waals surface area contributed by atoms with Crippen molar-refractivity contribution in [3.8, 4) is 0 Å². The van der Waals surface area contributed by atoms with Crippen LogP contribution in [-0.2, 0) is 4.74 Å². The van der Waals surface area contributed by atoms with Gasteiger partial charge in [0, 0.05) is 12.5 Å². The third kappa shape index (κ3) is 1.93. The zero-order valence-corrected chi connectivity index (χ0v) is 5.63. The van der Waals surface area contributed by atoms with E-state index in [1.54, 1.807) is 0 Å². The van der Waals surface area contributed by atoms with Gasteiger partial charge in [-0.1, -0.05) is 6.92 Å². The van der Waals surface area contributed by atoms with Crippen LogP contribution in [0.15, 0.2) is 0 Å². The zero-order chi connectivity index (χ0) is 6.69. The van der Waals surface area contributed by atoms with Crippen molar-refractivity contribution in [3.63, 3.8) is 0 Å². The molecule has 54 valence electrons. The average Bonchev–Trinajstić information content (AvgIpc) is 2.17. The maximum atomic E-state index is 8.86. The van der Waals surface area contributed by atoms with Gasteiger partial charge >= 0.3 is 0 Å². The standard InChI is InChI=1S/C6H13NO2/c1-2-7-5-3-6(8)9-4-5/h5-8H,2-4H2,1H3. The lowest BCUT2D eigenvalue weighted by molar-refractivity contribution is -0.0590. The maximum Gasteiger partial charge on any atom is 0.156 e. The van der Waals surface area contributed by atoms with Gasteiger partial charge in [0.05, 0.1) is 6.61 Å². The van der Waals surface area contributed by atoms with Crippen molar-refractivity contribution >= 4 is 0 Å². The smallest absolute Gasteiger partial charge is 0.156 e. The van der Waals surface area contributed by atoms with Crippen molar-refractivity contribution in [3.05, 3.63) is 0 Å². The summed E-state index contributed by atoms with van der Waals surface area (Å²) in [4.78, 5) is 0. The first kappa shape index (κ1) is 6.99. The van der Waals surface area contributed by atoms with Crippen molar-refractivity contribution in [2.75, 3.05) is 13.2 Å². The summed E-state index contributed by atoms with van der Waals surface area (Å²) in [5.41, 5.74) is 0. The first-order chi connectivity index (χ1) is 4.33. The Hall–Kier alpha value is -0.120. The minimum atomic E-state index is -0.533. The van der Waals surface area contributed by atoms with Gasteiger partial charge in [-0.05, 0) is 6.54 Å². The lowest BCUT2D eigenvalue weighted by atomic mass is 10.2. The molecular weight excluding hydrogens is 118 g/mol. The molecule has 1 fully saturated rings. The molecule has 1 saturated heterocycles. The Labute approximate surface area is 55.0 Å². The maximum absolute atomic E-state index is 8.86. The second-order valence-corrected chi connectivity index (χ2v) is 2.28. The van der Waals surface area contributed by atoms with Gasteiger partial charge in [0.2, 0.25) is 0 Å². The van der Waals surface area contributed by atoms with E-state index in [1.165, 1.54) is 0 Å². The number of likely N-dealkylation sites (N-methyl/N-ethyl adjacent to an activating group) is 1. The van der Waals surface area contributed by atoms with E-state index in [0.717, 1.165) is 13.0 Å². The molecule has 1 aliphatic heterocycles. The van der Waals surface area contributed by atoms with E-state index in [-0.39, 0.29) is 0 Å². The quantitative estimate of drug-likeness (QED) is 0.540. The molecule has 2 unspecified atom stereocenters. The van der Waals surface area contributed by atoms with Crippen LogP contribution >= 0.6 is 0 Å². The first-order valence-electron chi connectivity index (χ1n) is 3.36. The van der Waals surface area contributed by atoms with Gasteiger partial charge in [-0.2, -0.15) is 0 Å². The predicted molar refractivity (Wildman–Crippen MR) is 34.0 cm³/mol. The van der Waals surface area contributed by atoms with E-state index >= 15 is 0 Å². The van der Waals surface area contributed by atoms with Crippen LogP contribution in [-0.4, -0.2) is 30.6 Å². The molecule has 9 heavy (non-hydrogen) atoms. The molecule has 0 spiro atoms. The van der Waals surface area contributed by atoms with Gasteiger partial charge in [0.15, 0.2) is 6.29 Å². The lowest BCUT2D eigenvalue weighted by Crippen LogP contribution is -2.28. The van der Waals surface area contributed by atoms with E-state index in [9.17, 15) is 0 Å². The van der Waals surface area contributed by atoms with Gasteiger partial charge in [0.1, 0.15) is 0 Å². The Bertz CT molecular complexity index is 85.1. The van der Waals surface area contributed by atoms with Crippen LogP contribution in [0.4, 0.5) is 0 Å². The zero-order valence-electron chi connectivity index (χ0n) is 5.63. The van der Waals surface area contributed by atoms with Crippen LogP contribution in [0.5, 0.6) is 0 Å². The molecule has 2 atom stereocenters. The molecule has 2 N–H and O–H groups in total. The Balaban J connectivity index is 2.14. The summed E-state index contributed by atoms with van der Waals surface area (Å²) in [6, 6.07) is 0.366. The second kappa shape index (κ2) is 3.15. The van der Waals surface area contributed by atoms with Crippen molar-refractivity contribution < 1.29 is 9.84 Å². The lowest BCUT2D eigenvalue weighted by Gasteiger charge is -2.05. The molecule has 0 bridgehead atoms. The van der Waals surface area contributed by atoms with Gasteiger partial charge in [-0.3, -0.25) is 0 Å². The van der Waals surface area contributed by atoms with Gasteiger partial charge in [0.25, 0.3) is 0 Å². The molecule has 0 saturated carbocycles. The van der Waals surface area contributed by atoms with E-state index < -0.39 is 6.29 Å². The highest BCUT2D eigenvalue weighted by molar-refractivity contribution is 4.72. The molecule has 0 aromatic carbocycles. The molecule has 1 rings (SSSR count). The first-order valence-corrected chi connectivity index (χ1v) is 3.36. The molecule has 3 heteroatoms. The molecule has 3 nitrogen and oxygen atoms in total. The number of aliphatic hydroxyl groups excluding tert-OH is 1. The second-order valence-electron chi connectivity index (χ2n) is 2.28. The van der Waals surface area contributed by atoms with Crippen molar-refractivity contribution in [2.45, 2.75) is 25.7 Å². The van der Waals surface area contributed by atoms with Crippen LogP contribution in [0.2, 0.25) is 0 Å². The molecule has 0 amide bonds. The van der Waals surface area contributed by atoms with E-state index in [0.29, 0.717) is 12.6 Å². The number of aliphatic hydroxyl groups is 1. The normalized spacial score (nSPS) is 35.3. The summed E-state index contributed by atoms with van der Waals surface area (Å²) in [6.45, 7) is 3.64. The van der Waals surface area contributed by atoms with Crippen LogP contribution < -0.4 is 5.32 Å². The van der Waals surface area contributed by atoms with Gasteiger partial charge in [-0.25, -0.2) is 0 Å².